The van der Waals surface area contributed by atoms with Crippen molar-refractivity contribution in [3.05, 3.63) is 0 Å². The Morgan fingerprint density at radius 2 is 1.13 bits per heavy atom. The highest BCUT2D eigenvalue weighted by Crippen LogP contribution is 2.33. The highest BCUT2D eigenvalue weighted by Gasteiger charge is 2.54. The minimum Gasteiger partial charge on any atom is -0.394 e. The number of carbonyl (C=O) groups excluding carboxylic acids is 2. The van der Waals surface area contributed by atoms with Crippen LogP contribution in [0.25, 0.3) is 0 Å². The van der Waals surface area contributed by atoms with Crippen LogP contribution in [-0.4, -0.2) is 159 Å². The van der Waals surface area contributed by atoms with Gasteiger partial charge in [0.15, 0.2) is 12.6 Å². The van der Waals surface area contributed by atoms with E-state index >= 15 is 0 Å². The van der Waals surface area contributed by atoms with Crippen LogP contribution in [-0.2, 0) is 28.5 Å². The van der Waals surface area contributed by atoms with Crippen LogP contribution >= 0.6 is 0 Å². The monoisotopic (exact) mass is 875 g/mol. The summed E-state index contributed by atoms with van der Waals surface area (Å²) in [5, 5.41) is 78.5. The summed E-state index contributed by atoms with van der Waals surface area (Å²) in [6.45, 7) is 0.959. The summed E-state index contributed by atoms with van der Waals surface area (Å²) in [5.41, 5.74) is 12.0. The molecule has 0 aromatic rings. The Hall–Kier alpha value is -1.79. The molecule has 15 atom stereocenters. The number of hydrogen-bond acceptors (Lipinski definition) is 15. The minimum absolute atomic E-state index is 0.1000. The lowest BCUT2D eigenvalue weighted by molar-refractivity contribution is -0.333. The third-order valence-corrected chi connectivity index (χ3v) is 11.8. The van der Waals surface area contributed by atoms with Crippen molar-refractivity contribution in [3.63, 3.8) is 0 Å². The molecule has 2 saturated heterocycles. The first kappa shape index (κ1) is 52.6. The third kappa shape index (κ3) is 16.1. The van der Waals surface area contributed by atoms with Crippen LogP contribution in [0.3, 0.4) is 0 Å². The average Bonchev–Trinajstić information content (AvgIpc) is 3.20. The number of alkyl halides is 3. The van der Waals surface area contributed by atoms with Crippen LogP contribution in [0.5, 0.6) is 0 Å². The number of aliphatic hydroxyl groups is 7. The van der Waals surface area contributed by atoms with Crippen LogP contribution in [0, 0.1) is 0 Å². The van der Waals surface area contributed by atoms with Gasteiger partial charge in [0.2, 0.25) is 5.91 Å². The van der Waals surface area contributed by atoms with E-state index in [-0.39, 0.29) is 19.4 Å². The summed E-state index contributed by atoms with van der Waals surface area (Å²) < 4.78 is 62.2. The van der Waals surface area contributed by atoms with Gasteiger partial charge in [-0.25, -0.2) is 0 Å². The number of aliphatic hydroxyl groups excluding tert-OH is 7. The number of ether oxygens (including phenoxy) is 4. The van der Waals surface area contributed by atoms with E-state index in [0.29, 0.717) is 6.42 Å². The number of nitrogens with one attached hydrogen (secondary N) is 2. The molecule has 2 amide bonds. The Balaban J connectivity index is 1.58. The molecule has 3 aliphatic rings. The second-order valence-corrected chi connectivity index (χ2v) is 16.6. The first-order chi connectivity index (χ1) is 28.5. The maximum atomic E-state index is 13.2. The molecule has 1 saturated carbocycles. The van der Waals surface area contributed by atoms with Crippen molar-refractivity contribution in [1.29, 1.82) is 0 Å². The van der Waals surface area contributed by atoms with Gasteiger partial charge < -0.3 is 76.8 Å². The van der Waals surface area contributed by atoms with E-state index in [1.165, 1.54) is 82.4 Å². The zero-order valence-electron chi connectivity index (χ0n) is 34.9. The largest absolute Gasteiger partial charge is 0.471 e. The fourth-order valence-electron chi connectivity index (χ4n) is 8.16. The van der Waals surface area contributed by atoms with Gasteiger partial charge in [0.05, 0.1) is 18.7 Å². The molecule has 2 aliphatic heterocycles. The van der Waals surface area contributed by atoms with Crippen molar-refractivity contribution < 1.29 is 77.5 Å². The standard InChI is InChI=1S/C40H73F3N4O13/c1-2-3-4-5-6-7-8-9-10-11-12-13-14-15-16-17-18-19-27(49)46-24-20-23(45)35(59-38-33(54)32(53)30(51)25(21-44)57-38)34(55)36(24)60-37-31(52)28(29(50)26(22-48)58-37)47-39(56)40(41,42)43/h23-26,28-38,48,50-55H,2-22,44-45H2,1H3,(H,46,49)(H,47,56). The fourth-order valence-corrected chi connectivity index (χ4v) is 8.16. The number of nitrogens with two attached hydrogens (primary N) is 2. The molecular weight excluding hydrogens is 801 g/mol. The zero-order chi connectivity index (χ0) is 44.4. The number of unbranched alkanes of at least 4 members (excludes halogenated alkanes) is 16. The summed E-state index contributed by atoms with van der Waals surface area (Å²) >= 11 is 0. The maximum absolute atomic E-state index is 13.2. The minimum atomic E-state index is -5.40. The van der Waals surface area contributed by atoms with Crippen LogP contribution in [0.2, 0.25) is 0 Å². The van der Waals surface area contributed by atoms with E-state index in [1.54, 1.807) is 0 Å². The van der Waals surface area contributed by atoms with Gasteiger partial charge in [-0.1, -0.05) is 110 Å². The van der Waals surface area contributed by atoms with Crippen LogP contribution in [0.4, 0.5) is 13.2 Å². The van der Waals surface area contributed by atoms with Crippen LogP contribution < -0.4 is 22.1 Å². The zero-order valence-corrected chi connectivity index (χ0v) is 34.9. The number of amides is 2. The van der Waals surface area contributed by atoms with E-state index in [4.69, 9.17) is 30.4 Å². The summed E-state index contributed by atoms with van der Waals surface area (Å²) in [6.07, 6.45) is -6.45. The van der Waals surface area contributed by atoms with Gasteiger partial charge in [0.25, 0.3) is 0 Å². The SMILES string of the molecule is CCCCCCCCCCCCCCCCCCCC(=O)NC1CC(N)C(OC2OC(CN)C(O)C(O)C2O)C(O)C1OC1OC(CO)C(O)C(NC(=O)C(F)(F)F)C1O. The maximum Gasteiger partial charge on any atom is 0.471 e. The molecule has 0 spiro atoms. The Morgan fingerprint density at radius 3 is 1.63 bits per heavy atom. The first-order valence-electron chi connectivity index (χ1n) is 22.0. The molecular formula is C40H73F3N4O13. The molecule has 1 aliphatic carbocycles. The van der Waals surface area contributed by atoms with Crippen molar-refractivity contribution in [1.82, 2.24) is 10.6 Å². The third-order valence-electron chi connectivity index (χ3n) is 11.8. The Labute approximate surface area is 351 Å². The normalized spacial score (nSPS) is 35.0. The van der Waals surface area contributed by atoms with Crippen molar-refractivity contribution in [2.45, 2.75) is 227 Å². The van der Waals surface area contributed by atoms with Gasteiger partial charge in [0.1, 0.15) is 61.0 Å². The smallest absolute Gasteiger partial charge is 0.394 e. The molecule has 15 unspecified atom stereocenters. The van der Waals surface area contributed by atoms with Crippen molar-refractivity contribution in [2.75, 3.05) is 13.2 Å². The van der Waals surface area contributed by atoms with E-state index in [1.807, 2.05) is 0 Å². The molecule has 17 nitrogen and oxygen atoms in total. The average molecular weight is 875 g/mol. The summed E-state index contributed by atoms with van der Waals surface area (Å²) in [7, 11) is 0. The second kappa shape index (κ2) is 26.7. The molecule has 0 aromatic carbocycles. The molecule has 352 valence electrons. The molecule has 3 fully saturated rings. The number of hydrogen-bond donors (Lipinski definition) is 11. The molecule has 0 aromatic heterocycles. The fraction of sp³-hybridized carbons (Fsp3) is 0.950. The Kier molecular flexibility index (Phi) is 23.4. The molecule has 60 heavy (non-hydrogen) atoms. The lowest BCUT2D eigenvalue weighted by Crippen LogP contribution is -2.70. The Bertz CT molecular complexity index is 1230. The quantitative estimate of drug-likeness (QED) is 0.0532. The lowest BCUT2D eigenvalue weighted by Gasteiger charge is -2.49. The molecule has 3 rings (SSSR count). The van der Waals surface area contributed by atoms with E-state index in [2.05, 4.69) is 12.2 Å². The van der Waals surface area contributed by atoms with Crippen LogP contribution in [0.1, 0.15) is 129 Å². The topological polar surface area (TPSA) is 289 Å². The predicted octanol–water partition coefficient (Wildman–Crippen LogP) is 0.628. The van der Waals surface area contributed by atoms with Gasteiger partial charge in [-0.15, -0.1) is 0 Å². The van der Waals surface area contributed by atoms with Gasteiger partial charge in [0, 0.05) is 19.0 Å². The van der Waals surface area contributed by atoms with Crippen LogP contribution in [0.15, 0.2) is 0 Å². The summed E-state index contributed by atoms with van der Waals surface area (Å²) in [5.74, 6) is -2.94. The molecule has 20 heteroatoms. The van der Waals surface area contributed by atoms with Crippen molar-refractivity contribution >= 4 is 11.8 Å². The second-order valence-electron chi connectivity index (χ2n) is 16.6. The number of carbonyl (C=O) groups is 2. The predicted molar refractivity (Wildman–Crippen MR) is 211 cm³/mol. The van der Waals surface area contributed by atoms with Gasteiger partial charge in [-0.2, -0.15) is 13.2 Å². The summed E-state index contributed by atoms with van der Waals surface area (Å²) in [4.78, 5) is 25.0. The Morgan fingerprint density at radius 1 is 0.650 bits per heavy atom. The summed E-state index contributed by atoms with van der Waals surface area (Å²) in [6, 6.07) is -4.30. The van der Waals surface area contributed by atoms with Crippen molar-refractivity contribution in [2.24, 2.45) is 11.5 Å². The van der Waals surface area contributed by atoms with E-state index in [9.17, 15) is 58.5 Å². The van der Waals surface area contributed by atoms with Gasteiger partial charge in [-0.3, -0.25) is 9.59 Å². The first-order valence-corrected chi connectivity index (χ1v) is 22.0. The molecule has 0 radical (unpaired) electrons. The number of halogens is 3. The van der Waals surface area contributed by atoms with Crippen molar-refractivity contribution in [3.8, 4) is 0 Å². The molecule has 0 bridgehead atoms. The number of rotatable bonds is 26. The van der Waals surface area contributed by atoms with Gasteiger partial charge in [-0.05, 0) is 12.8 Å². The highest BCUT2D eigenvalue weighted by molar-refractivity contribution is 5.82. The molecule has 2 heterocycles. The molecule has 13 N–H and O–H groups in total. The lowest BCUT2D eigenvalue weighted by atomic mass is 9.83. The highest BCUT2D eigenvalue weighted by atomic mass is 19.4. The van der Waals surface area contributed by atoms with Gasteiger partial charge >= 0.3 is 12.1 Å². The van der Waals surface area contributed by atoms with E-state index in [0.717, 1.165) is 25.7 Å². The van der Waals surface area contributed by atoms with E-state index < -0.39 is 116 Å².